The second-order valence-corrected chi connectivity index (χ2v) is 10.5. The van der Waals surface area contributed by atoms with Gasteiger partial charge in [-0.3, -0.25) is 9.89 Å². The maximum Gasteiger partial charge on any atom is 0.415 e. The summed E-state index contributed by atoms with van der Waals surface area (Å²) in [5.41, 5.74) is 3.92. The number of nitrogens with zero attached hydrogens (tertiary/aromatic N) is 4. The van der Waals surface area contributed by atoms with E-state index in [4.69, 9.17) is 21.1 Å². The summed E-state index contributed by atoms with van der Waals surface area (Å²) >= 11 is 6.32. The zero-order valence-electron chi connectivity index (χ0n) is 22.6. The molecule has 0 saturated carbocycles. The number of halogens is 2. The second-order valence-electron chi connectivity index (χ2n) is 10.1. The van der Waals surface area contributed by atoms with Gasteiger partial charge in [-0.1, -0.05) is 23.7 Å². The highest BCUT2D eigenvalue weighted by Crippen LogP contribution is 2.40. The van der Waals surface area contributed by atoms with Gasteiger partial charge < -0.3 is 24.7 Å². The van der Waals surface area contributed by atoms with Crippen molar-refractivity contribution in [1.29, 1.82) is 0 Å². The minimum Gasteiger partial charge on any atom is -0.492 e. The Morgan fingerprint density at radius 2 is 2.02 bits per heavy atom. The van der Waals surface area contributed by atoms with E-state index in [0.717, 1.165) is 33.7 Å². The number of hydrogen-bond donors (Lipinski definition) is 2. The van der Waals surface area contributed by atoms with Crippen molar-refractivity contribution in [3.63, 3.8) is 0 Å². The molecule has 41 heavy (non-hydrogen) atoms. The summed E-state index contributed by atoms with van der Waals surface area (Å²) in [5.74, 6) is 1.70. The highest BCUT2D eigenvalue weighted by atomic mass is 35.5. The van der Waals surface area contributed by atoms with Crippen molar-refractivity contribution in [2.24, 2.45) is 9.98 Å². The Kier molecular flexibility index (Phi) is 7.65. The van der Waals surface area contributed by atoms with Crippen LogP contribution in [0.3, 0.4) is 0 Å². The quantitative estimate of drug-likeness (QED) is 0.368. The first kappa shape index (κ1) is 26.9. The van der Waals surface area contributed by atoms with Gasteiger partial charge in [-0.15, -0.1) is 0 Å². The van der Waals surface area contributed by atoms with Crippen LogP contribution in [0, 0.1) is 0 Å². The Morgan fingerprint density at radius 3 is 2.80 bits per heavy atom. The molecule has 0 spiro atoms. The van der Waals surface area contributed by atoms with Crippen LogP contribution in [-0.4, -0.2) is 66.6 Å². The largest absolute Gasteiger partial charge is 0.492 e. The Morgan fingerprint density at radius 1 is 1.17 bits per heavy atom. The first-order valence-electron chi connectivity index (χ1n) is 13.5. The zero-order valence-corrected chi connectivity index (χ0v) is 23.3. The minimum absolute atomic E-state index is 0.218. The van der Waals surface area contributed by atoms with E-state index in [0.29, 0.717) is 55.7 Å². The molecule has 9 nitrogen and oxygen atoms in total. The number of H-pyrrole nitrogens is 1. The molecule has 6 rings (SSSR count). The number of ether oxygens (including phenoxy) is 2. The summed E-state index contributed by atoms with van der Waals surface area (Å²) in [5, 5.41) is 4.73. The smallest absolute Gasteiger partial charge is 0.415 e. The number of aromatic nitrogens is 1. The van der Waals surface area contributed by atoms with Crippen molar-refractivity contribution in [2.75, 3.05) is 33.4 Å². The number of benzene rings is 2. The van der Waals surface area contributed by atoms with Crippen molar-refractivity contribution in [2.45, 2.75) is 25.3 Å². The summed E-state index contributed by atoms with van der Waals surface area (Å²) in [7, 11) is 1.92. The maximum atomic E-state index is 13.5. The molecular formula is C30H30ClFN6O3. The molecule has 0 fully saturated rings. The van der Waals surface area contributed by atoms with Crippen molar-refractivity contribution in [1.82, 2.24) is 20.1 Å². The molecule has 0 saturated heterocycles. The highest BCUT2D eigenvalue weighted by molar-refractivity contribution is 6.31. The Labute approximate surface area is 242 Å². The van der Waals surface area contributed by atoms with Crippen LogP contribution in [0.5, 0.6) is 5.75 Å². The molecule has 3 aromatic rings. The first-order valence-corrected chi connectivity index (χ1v) is 13.9. The van der Waals surface area contributed by atoms with Gasteiger partial charge in [0.1, 0.15) is 36.7 Å². The summed E-state index contributed by atoms with van der Waals surface area (Å²) in [6.07, 6.45) is 5.27. The number of guanidine groups is 1. The van der Waals surface area contributed by atoms with Crippen LogP contribution in [0.2, 0.25) is 5.02 Å². The minimum atomic E-state index is -0.468. The van der Waals surface area contributed by atoms with Crippen molar-refractivity contribution in [3.8, 4) is 5.75 Å². The second kappa shape index (κ2) is 11.7. The van der Waals surface area contributed by atoms with E-state index < -0.39 is 12.1 Å². The molecule has 1 aliphatic carbocycles. The van der Waals surface area contributed by atoms with Gasteiger partial charge in [0.15, 0.2) is 0 Å². The fraction of sp³-hybridized carbons (Fsp3) is 0.300. The molecule has 0 radical (unpaired) electrons. The third kappa shape index (κ3) is 5.78. The molecule has 1 atom stereocenters. The number of fused-ring (bicyclic) bond motifs is 3. The van der Waals surface area contributed by atoms with Gasteiger partial charge in [0, 0.05) is 48.1 Å². The molecule has 1 aromatic heterocycles. The van der Waals surface area contributed by atoms with E-state index in [1.54, 1.807) is 11.2 Å². The van der Waals surface area contributed by atoms with Crippen molar-refractivity contribution < 1.29 is 18.7 Å². The Hall–Kier alpha value is -4.31. The van der Waals surface area contributed by atoms with E-state index in [2.05, 4.69) is 20.3 Å². The molecule has 3 aliphatic rings. The van der Waals surface area contributed by atoms with Crippen LogP contribution in [0.4, 0.5) is 9.18 Å². The molecular weight excluding hydrogens is 547 g/mol. The molecule has 1 unspecified atom stereocenters. The number of amides is 1. The monoisotopic (exact) mass is 576 g/mol. The normalized spacial score (nSPS) is 19.5. The predicted octanol–water partition coefficient (Wildman–Crippen LogP) is 5.69. The molecule has 2 aromatic carbocycles. The number of nitrogens with one attached hydrogen (secondary N) is 2. The number of aromatic amines is 1. The lowest BCUT2D eigenvalue weighted by atomic mass is 9.92. The summed E-state index contributed by atoms with van der Waals surface area (Å²) in [4.78, 5) is 29.3. The SMILES string of the molecule is CN1CN=CNC1=NCCOc1ccc(C2c3[nH]c4ccc(Cl)cc4c3CCN2C(=O)OC2=CC=C(F)CC2)cc1. The van der Waals surface area contributed by atoms with E-state index >= 15 is 0 Å². The molecule has 212 valence electrons. The lowest BCUT2D eigenvalue weighted by Crippen LogP contribution is -2.42. The summed E-state index contributed by atoms with van der Waals surface area (Å²) in [6.45, 7) is 1.92. The molecule has 11 heteroatoms. The molecule has 1 amide bonds. The standard InChI is InChI=1S/C30H30ClFN6O3/c1-37-18-33-17-35-29(37)34-13-15-40-22-7-2-19(3-8-22)28-27-24(25-16-20(31)4-11-26(25)36-27)12-14-38(28)30(39)41-23-9-5-21(32)6-10-23/h2-5,7-9,11,16-17,28,36H,6,10,12-15,18H2,1H3,(H,33,34,35). The van der Waals surface area contributed by atoms with Gasteiger partial charge in [-0.05, 0) is 60.0 Å². The number of carbonyl (C=O) groups excluding carboxylic acids is 1. The van der Waals surface area contributed by atoms with Crippen LogP contribution in [0.15, 0.2) is 76.2 Å². The van der Waals surface area contributed by atoms with Gasteiger partial charge in [-0.25, -0.2) is 14.2 Å². The van der Waals surface area contributed by atoms with Crippen molar-refractivity contribution in [3.05, 3.63) is 88.0 Å². The number of rotatable bonds is 6. The van der Waals surface area contributed by atoms with Gasteiger partial charge in [0.25, 0.3) is 0 Å². The third-order valence-electron chi connectivity index (χ3n) is 7.36. The number of allylic oxidation sites excluding steroid dienone is 4. The number of carbonyl (C=O) groups is 1. The fourth-order valence-corrected chi connectivity index (χ4v) is 5.50. The van der Waals surface area contributed by atoms with E-state index in [1.807, 2.05) is 54.4 Å². The Balaban J connectivity index is 1.23. The molecule has 2 N–H and O–H groups in total. The maximum absolute atomic E-state index is 13.5. The average molecular weight is 577 g/mol. The van der Waals surface area contributed by atoms with Crippen LogP contribution in [-0.2, 0) is 11.2 Å². The predicted molar refractivity (Wildman–Crippen MR) is 157 cm³/mol. The first-order chi connectivity index (χ1) is 20.0. The van der Waals surface area contributed by atoms with Crippen LogP contribution in [0.25, 0.3) is 10.9 Å². The van der Waals surface area contributed by atoms with E-state index in [9.17, 15) is 9.18 Å². The topological polar surface area (TPSA) is 94.5 Å². The zero-order chi connectivity index (χ0) is 28.3. The summed E-state index contributed by atoms with van der Waals surface area (Å²) < 4.78 is 25.1. The van der Waals surface area contributed by atoms with E-state index in [-0.39, 0.29) is 12.2 Å². The van der Waals surface area contributed by atoms with Crippen LogP contribution in [0.1, 0.15) is 35.7 Å². The molecule has 3 heterocycles. The van der Waals surface area contributed by atoms with Crippen molar-refractivity contribution >= 4 is 40.9 Å². The lowest BCUT2D eigenvalue weighted by Gasteiger charge is -2.35. The average Bonchev–Trinajstić information content (AvgIpc) is 3.35. The fourth-order valence-electron chi connectivity index (χ4n) is 5.32. The van der Waals surface area contributed by atoms with Gasteiger partial charge in [0.05, 0.1) is 12.9 Å². The highest BCUT2D eigenvalue weighted by Gasteiger charge is 2.36. The van der Waals surface area contributed by atoms with Crippen LogP contribution >= 0.6 is 11.6 Å². The lowest BCUT2D eigenvalue weighted by molar-refractivity contribution is 0.110. The van der Waals surface area contributed by atoms with Gasteiger partial charge in [0.2, 0.25) is 5.96 Å². The molecule has 0 bridgehead atoms. The number of aliphatic imine (C=N–C) groups is 2. The summed E-state index contributed by atoms with van der Waals surface area (Å²) in [6, 6.07) is 13.1. The van der Waals surface area contributed by atoms with E-state index in [1.165, 1.54) is 12.2 Å². The number of hydrogen-bond acceptors (Lipinski definition) is 5. The molecule has 2 aliphatic heterocycles. The van der Waals surface area contributed by atoms with Gasteiger partial charge in [-0.2, -0.15) is 0 Å². The van der Waals surface area contributed by atoms with Crippen LogP contribution < -0.4 is 10.1 Å². The van der Waals surface area contributed by atoms with Gasteiger partial charge >= 0.3 is 6.09 Å². The Bertz CT molecular complexity index is 1580. The third-order valence-corrected chi connectivity index (χ3v) is 7.60.